The molecule has 7 nitrogen and oxygen atoms in total. The molecule has 0 bridgehead atoms. The zero-order valence-electron chi connectivity index (χ0n) is 18.1. The fourth-order valence-corrected chi connectivity index (χ4v) is 3.91. The van der Waals surface area contributed by atoms with Crippen molar-refractivity contribution >= 4 is 35.0 Å². The fraction of sp³-hybridized carbons (Fsp3) is 0.125. The summed E-state index contributed by atoms with van der Waals surface area (Å²) in [5.41, 5.74) is 7.12. The Hall–Kier alpha value is -3.49. The summed E-state index contributed by atoms with van der Waals surface area (Å²) >= 11 is 7.34. The lowest BCUT2D eigenvalue weighted by Gasteiger charge is -2.11. The van der Waals surface area contributed by atoms with Crippen LogP contribution in [0.2, 0.25) is 5.02 Å². The number of pyridine rings is 1. The molecule has 0 unspecified atom stereocenters. The Morgan fingerprint density at radius 2 is 1.73 bits per heavy atom. The third-order valence-corrected chi connectivity index (χ3v) is 5.99. The molecule has 166 valence electrons. The summed E-state index contributed by atoms with van der Waals surface area (Å²) in [5, 5.41) is 14.2. The summed E-state index contributed by atoms with van der Waals surface area (Å²) in [5.74, 6) is 0.572. The standard InChI is InChI=1S/C24H21ClN6OS/c1-16-3-9-21(10-4-16)31-23(19-5-7-20(25)8-6-19)29-30-24(31)33-15-22(32)28-27-17(2)18-11-13-26-14-12-18/h3-14H,15H2,1-2H3,(H,28,32)/b27-17-. The summed E-state index contributed by atoms with van der Waals surface area (Å²) in [6.07, 6.45) is 3.37. The van der Waals surface area contributed by atoms with Crippen molar-refractivity contribution in [3.05, 3.63) is 89.2 Å². The lowest BCUT2D eigenvalue weighted by atomic mass is 10.2. The van der Waals surface area contributed by atoms with Crippen LogP contribution >= 0.6 is 23.4 Å². The van der Waals surface area contributed by atoms with Gasteiger partial charge in [-0.2, -0.15) is 5.10 Å². The third kappa shape index (κ3) is 5.66. The topological polar surface area (TPSA) is 85.1 Å². The number of hydrogen-bond donors (Lipinski definition) is 1. The third-order valence-electron chi connectivity index (χ3n) is 4.81. The van der Waals surface area contributed by atoms with Crippen LogP contribution in [0.5, 0.6) is 0 Å². The van der Waals surface area contributed by atoms with E-state index in [-0.39, 0.29) is 11.7 Å². The predicted molar refractivity (Wildman–Crippen MR) is 132 cm³/mol. The van der Waals surface area contributed by atoms with Gasteiger partial charge in [-0.15, -0.1) is 10.2 Å². The monoisotopic (exact) mass is 476 g/mol. The molecule has 0 spiro atoms. The van der Waals surface area contributed by atoms with Gasteiger partial charge in [0.25, 0.3) is 5.91 Å². The zero-order chi connectivity index (χ0) is 23.2. The molecule has 2 heterocycles. The van der Waals surface area contributed by atoms with Crippen molar-refractivity contribution in [3.8, 4) is 17.1 Å². The van der Waals surface area contributed by atoms with Crippen LogP contribution in [-0.2, 0) is 4.79 Å². The maximum Gasteiger partial charge on any atom is 0.250 e. The van der Waals surface area contributed by atoms with E-state index in [1.807, 2.05) is 79.1 Å². The normalized spacial score (nSPS) is 11.4. The second-order valence-electron chi connectivity index (χ2n) is 7.24. The molecule has 4 rings (SSSR count). The molecule has 2 aromatic heterocycles. The van der Waals surface area contributed by atoms with E-state index < -0.39 is 0 Å². The van der Waals surface area contributed by atoms with E-state index in [2.05, 4.69) is 25.7 Å². The molecule has 0 fully saturated rings. The van der Waals surface area contributed by atoms with Crippen LogP contribution < -0.4 is 5.43 Å². The molecule has 0 radical (unpaired) electrons. The maximum absolute atomic E-state index is 12.4. The average molecular weight is 477 g/mol. The number of benzene rings is 2. The van der Waals surface area contributed by atoms with E-state index in [0.29, 0.717) is 21.7 Å². The second kappa shape index (κ2) is 10.4. The van der Waals surface area contributed by atoms with Gasteiger partial charge in [0.2, 0.25) is 0 Å². The van der Waals surface area contributed by atoms with Crippen molar-refractivity contribution < 1.29 is 4.79 Å². The number of nitrogens with zero attached hydrogens (tertiary/aromatic N) is 5. The minimum atomic E-state index is -0.236. The summed E-state index contributed by atoms with van der Waals surface area (Å²) in [4.78, 5) is 16.4. The van der Waals surface area contributed by atoms with E-state index >= 15 is 0 Å². The number of rotatable bonds is 7. The highest BCUT2D eigenvalue weighted by Gasteiger charge is 2.17. The van der Waals surface area contributed by atoms with Crippen molar-refractivity contribution in [3.63, 3.8) is 0 Å². The van der Waals surface area contributed by atoms with Gasteiger partial charge in [0.15, 0.2) is 11.0 Å². The van der Waals surface area contributed by atoms with Crippen molar-refractivity contribution in [1.29, 1.82) is 0 Å². The molecule has 4 aromatic rings. The van der Waals surface area contributed by atoms with Gasteiger partial charge in [0.1, 0.15) is 0 Å². The average Bonchev–Trinajstić information content (AvgIpc) is 3.26. The number of thioether (sulfide) groups is 1. The number of hydrogen-bond acceptors (Lipinski definition) is 6. The van der Waals surface area contributed by atoms with Crippen molar-refractivity contribution in [2.75, 3.05) is 5.75 Å². The Bertz CT molecular complexity index is 1270. The second-order valence-corrected chi connectivity index (χ2v) is 8.62. The Morgan fingerprint density at radius 1 is 1.03 bits per heavy atom. The van der Waals surface area contributed by atoms with E-state index in [4.69, 9.17) is 11.6 Å². The van der Waals surface area contributed by atoms with E-state index in [1.165, 1.54) is 11.8 Å². The van der Waals surface area contributed by atoms with Crippen LogP contribution in [0.25, 0.3) is 17.1 Å². The molecule has 1 N–H and O–H groups in total. The SMILES string of the molecule is C/C(=N/NC(=O)CSc1nnc(-c2ccc(Cl)cc2)n1-c1ccc(C)cc1)c1ccncc1. The molecular weight excluding hydrogens is 456 g/mol. The number of aromatic nitrogens is 4. The molecule has 2 aromatic carbocycles. The molecule has 0 atom stereocenters. The first-order chi connectivity index (χ1) is 16.0. The number of nitrogens with one attached hydrogen (secondary N) is 1. The molecule has 33 heavy (non-hydrogen) atoms. The molecular formula is C24H21ClN6OS. The molecule has 0 aliphatic heterocycles. The van der Waals surface area contributed by atoms with Crippen molar-refractivity contribution in [1.82, 2.24) is 25.2 Å². The first kappa shape index (κ1) is 22.7. The van der Waals surface area contributed by atoms with E-state index in [0.717, 1.165) is 22.4 Å². The summed E-state index contributed by atoms with van der Waals surface area (Å²) in [6, 6.07) is 19.2. The highest BCUT2D eigenvalue weighted by Crippen LogP contribution is 2.28. The maximum atomic E-state index is 12.4. The van der Waals surface area contributed by atoms with Gasteiger partial charge in [-0.1, -0.05) is 41.1 Å². The minimum absolute atomic E-state index is 0.137. The Balaban J connectivity index is 1.54. The van der Waals surface area contributed by atoms with Crippen molar-refractivity contribution in [2.45, 2.75) is 19.0 Å². The van der Waals surface area contributed by atoms with Crippen LogP contribution in [0.15, 0.2) is 83.3 Å². The highest BCUT2D eigenvalue weighted by molar-refractivity contribution is 7.99. The van der Waals surface area contributed by atoms with Crippen LogP contribution in [0, 0.1) is 6.92 Å². The Morgan fingerprint density at radius 3 is 2.42 bits per heavy atom. The van der Waals surface area contributed by atoms with Gasteiger partial charge in [-0.25, -0.2) is 5.43 Å². The molecule has 0 aliphatic carbocycles. The van der Waals surface area contributed by atoms with Crippen LogP contribution in [-0.4, -0.2) is 37.1 Å². The summed E-state index contributed by atoms with van der Waals surface area (Å²) in [7, 11) is 0. The van der Waals surface area contributed by atoms with Gasteiger partial charge in [-0.3, -0.25) is 14.3 Å². The van der Waals surface area contributed by atoms with Crippen LogP contribution in [0.3, 0.4) is 0 Å². The van der Waals surface area contributed by atoms with Gasteiger partial charge in [0, 0.05) is 34.2 Å². The largest absolute Gasteiger partial charge is 0.272 e. The number of halogens is 1. The van der Waals surface area contributed by atoms with Crippen molar-refractivity contribution in [2.24, 2.45) is 5.10 Å². The number of aryl methyl sites for hydroxylation is 1. The van der Waals surface area contributed by atoms with Gasteiger partial charge in [-0.05, 0) is 62.4 Å². The number of amides is 1. The predicted octanol–water partition coefficient (Wildman–Crippen LogP) is 4.92. The first-order valence-electron chi connectivity index (χ1n) is 10.2. The highest BCUT2D eigenvalue weighted by atomic mass is 35.5. The summed E-state index contributed by atoms with van der Waals surface area (Å²) in [6.45, 7) is 3.86. The minimum Gasteiger partial charge on any atom is -0.272 e. The molecule has 9 heteroatoms. The number of carbonyl (C=O) groups excluding carboxylic acids is 1. The smallest absolute Gasteiger partial charge is 0.250 e. The number of carbonyl (C=O) groups is 1. The Kier molecular flexibility index (Phi) is 7.16. The quantitative estimate of drug-likeness (QED) is 0.232. The lowest BCUT2D eigenvalue weighted by molar-refractivity contribution is -0.118. The fourth-order valence-electron chi connectivity index (χ4n) is 3.04. The molecule has 0 aliphatic rings. The first-order valence-corrected chi connectivity index (χ1v) is 11.5. The van der Waals surface area contributed by atoms with Crippen LogP contribution in [0.4, 0.5) is 0 Å². The lowest BCUT2D eigenvalue weighted by Crippen LogP contribution is -2.21. The summed E-state index contributed by atoms with van der Waals surface area (Å²) < 4.78 is 1.94. The van der Waals surface area contributed by atoms with E-state index in [9.17, 15) is 4.79 Å². The van der Waals surface area contributed by atoms with Gasteiger partial charge >= 0.3 is 0 Å². The Labute approximate surface area is 200 Å². The molecule has 0 saturated heterocycles. The molecule has 0 saturated carbocycles. The zero-order valence-corrected chi connectivity index (χ0v) is 19.6. The van der Waals surface area contributed by atoms with Gasteiger partial charge in [0.05, 0.1) is 11.5 Å². The van der Waals surface area contributed by atoms with E-state index in [1.54, 1.807) is 12.4 Å². The van der Waals surface area contributed by atoms with Crippen LogP contribution in [0.1, 0.15) is 18.1 Å². The number of hydrazone groups is 1. The van der Waals surface area contributed by atoms with Gasteiger partial charge < -0.3 is 0 Å². The molecule has 1 amide bonds.